The number of fused-ring (bicyclic) bond motifs is 1. The summed E-state index contributed by atoms with van der Waals surface area (Å²) in [7, 11) is 0. The Morgan fingerprint density at radius 1 is 0.882 bits per heavy atom. The van der Waals surface area contributed by atoms with Crippen molar-refractivity contribution in [2.24, 2.45) is 0 Å². The van der Waals surface area contributed by atoms with Gasteiger partial charge < -0.3 is 4.98 Å². The standard InChI is InChI=1S/C15H12N2/c1-2-6-13(7-3-1)16-10-12-11-17-15-9-5-4-8-14(12)15/h1-11,17H/p+1. The maximum atomic E-state index is 3.29. The van der Waals surface area contributed by atoms with Crippen LogP contribution in [0.1, 0.15) is 5.56 Å². The summed E-state index contributed by atoms with van der Waals surface area (Å²) in [5, 5.41) is 1.23. The van der Waals surface area contributed by atoms with Crippen molar-refractivity contribution in [1.29, 1.82) is 0 Å². The first-order valence-electron chi connectivity index (χ1n) is 5.64. The number of aromatic amines is 1. The smallest absolute Gasteiger partial charge is 0.203 e. The van der Waals surface area contributed by atoms with Crippen LogP contribution in [-0.2, 0) is 0 Å². The van der Waals surface area contributed by atoms with Crippen LogP contribution < -0.4 is 4.99 Å². The average molecular weight is 221 g/mol. The minimum Gasteiger partial charge on any atom is -0.360 e. The van der Waals surface area contributed by atoms with E-state index in [4.69, 9.17) is 0 Å². The Morgan fingerprint density at radius 2 is 1.65 bits per heavy atom. The molecule has 0 atom stereocenters. The monoisotopic (exact) mass is 221 g/mol. The van der Waals surface area contributed by atoms with Crippen molar-refractivity contribution in [1.82, 2.24) is 4.98 Å². The number of benzene rings is 2. The van der Waals surface area contributed by atoms with Crippen molar-refractivity contribution in [3.63, 3.8) is 0 Å². The second-order valence-electron chi connectivity index (χ2n) is 3.94. The summed E-state index contributed by atoms with van der Waals surface area (Å²) in [5.41, 5.74) is 3.43. The maximum Gasteiger partial charge on any atom is 0.203 e. The lowest BCUT2D eigenvalue weighted by Crippen LogP contribution is -2.61. The van der Waals surface area contributed by atoms with Gasteiger partial charge in [-0.05, 0) is 6.07 Å². The fourth-order valence-electron chi connectivity index (χ4n) is 1.91. The third-order valence-electron chi connectivity index (χ3n) is 2.79. The molecule has 0 aliphatic rings. The fraction of sp³-hybridized carbons (Fsp3) is 0. The zero-order valence-electron chi connectivity index (χ0n) is 9.35. The van der Waals surface area contributed by atoms with Crippen LogP contribution in [0.4, 0.5) is 5.69 Å². The summed E-state index contributed by atoms with van der Waals surface area (Å²) in [6, 6.07) is 18.4. The third-order valence-corrected chi connectivity index (χ3v) is 2.79. The van der Waals surface area contributed by atoms with E-state index < -0.39 is 0 Å². The van der Waals surface area contributed by atoms with Crippen LogP contribution in [0.5, 0.6) is 0 Å². The Balaban J connectivity index is 1.98. The van der Waals surface area contributed by atoms with E-state index in [-0.39, 0.29) is 0 Å². The summed E-state index contributed by atoms with van der Waals surface area (Å²) in [6.45, 7) is 0. The topological polar surface area (TPSA) is 29.8 Å². The van der Waals surface area contributed by atoms with Gasteiger partial charge in [-0.25, -0.2) is 4.99 Å². The van der Waals surface area contributed by atoms with Crippen molar-refractivity contribution >= 4 is 22.8 Å². The molecule has 2 nitrogen and oxygen atoms in total. The lowest BCUT2D eigenvalue weighted by atomic mass is 10.2. The molecule has 3 rings (SSSR count). The van der Waals surface area contributed by atoms with Crippen LogP contribution in [-0.4, -0.2) is 11.2 Å². The molecule has 0 saturated heterocycles. The van der Waals surface area contributed by atoms with Crippen LogP contribution in [0.25, 0.3) is 10.9 Å². The minimum absolute atomic E-state index is 1.10. The van der Waals surface area contributed by atoms with Gasteiger partial charge in [0.15, 0.2) is 6.21 Å². The van der Waals surface area contributed by atoms with Crippen molar-refractivity contribution < 1.29 is 4.99 Å². The van der Waals surface area contributed by atoms with E-state index in [2.05, 4.69) is 28.2 Å². The van der Waals surface area contributed by atoms with Crippen LogP contribution in [0, 0.1) is 0 Å². The second-order valence-corrected chi connectivity index (χ2v) is 3.94. The Morgan fingerprint density at radius 3 is 2.53 bits per heavy atom. The third kappa shape index (κ3) is 1.97. The molecule has 2 aromatic carbocycles. The molecule has 82 valence electrons. The van der Waals surface area contributed by atoms with Gasteiger partial charge in [0, 0.05) is 29.2 Å². The quantitative estimate of drug-likeness (QED) is 0.620. The zero-order valence-corrected chi connectivity index (χ0v) is 9.35. The predicted octanol–water partition coefficient (Wildman–Crippen LogP) is 2.00. The van der Waals surface area contributed by atoms with E-state index in [9.17, 15) is 0 Å². The normalized spacial score (nSPS) is 11.3. The number of aromatic nitrogens is 1. The van der Waals surface area contributed by atoms with Gasteiger partial charge in [0.25, 0.3) is 0 Å². The van der Waals surface area contributed by atoms with Gasteiger partial charge >= 0.3 is 0 Å². The van der Waals surface area contributed by atoms with E-state index in [0.717, 1.165) is 11.2 Å². The van der Waals surface area contributed by atoms with E-state index in [1.165, 1.54) is 10.9 Å². The van der Waals surface area contributed by atoms with E-state index in [1.54, 1.807) is 0 Å². The minimum atomic E-state index is 1.10. The van der Waals surface area contributed by atoms with Crippen LogP contribution in [0.15, 0.2) is 60.8 Å². The first kappa shape index (κ1) is 9.85. The highest BCUT2D eigenvalue weighted by Gasteiger charge is 2.02. The van der Waals surface area contributed by atoms with Crippen molar-refractivity contribution in [2.75, 3.05) is 0 Å². The Bertz CT molecular complexity index is 651. The van der Waals surface area contributed by atoms with Gasteiger partial charge in [0.05, 0.1) is 5.56 Å². The Hall–Kier alpha value is -2.35. The maximum absolute atomic E-state index is 3.29. The van der Waals surface area contributed by atoms with Crippen LogP contribution in [0.2, 0.25) is 0 Å². The largest absolute Gasteiger partial charge is 0.360 e. The van der Waals surface area contributed by atoms with Crippen molar-refractivity contribution in [2.45, 2.75) is 0 Å². The van der Waals surface area contributed by atoms with Gasteiger partial charge in [0.1, 0.15) is 0 Å². The summed E-state index contributed by atoms with van der Waals surface area (Å²) in [4.78, 5) is 6.55. The first-order valence-corrected chi connectivity index (χ1v) is 5.64. The molecule has 17 heavy (non-hydrogen) atoms. The Kier molecular flexibility index (Phi) is 2.47. The molecular weight excluding hydrogens is 208 g/mol. The molecule has 3 aromatic rings. The van der Waals surface area contributed by atoms with E-state index >= 15 is 0 Å². The molecule has 0 aliphatic heterocycles. The Labute approximate surface area is 99.6 Å². The number of nitrogens with one attached hydrogen (secondary N) is 2. The number of hydrogen-bond acceptors (Lipinski definition) is 0. The molecule has 0 spiro atoms. The molecule has 0 amide bonds. The number of para-hydroxylation sites is 2. The number of hydrogen-bond donors (Lipinski definition) is 2. The highest BCUT2D eigenvalue weighted by atomic mass is 14.7. The molecule has 2 heteroatoms. The first-order chi connectivity index (χ1) is 8.43. The molecule has 0 bridgehead atoms. The van der Waals surface area contributed by atoms with Gasteiger partial charge in [0.2, 0.25) is 5.69 Å². The molecular formula is C15H13N2+. The molecule has 0 unspecified atom stereocenters. The molecule has 1 heterocycles. The molecule has 0 fully saturated rings. The highest BCUT2D eigenvalue weighted by Crippen LogP contribution is 2.14. The van der Waals surface area contributed by atoms with Crippen LogP contribution >= 0.6 is 0 Å². The SMILES string of the molecule is C(=[NH+]c1ccccc1)c1c[nH]c2ccccc12. The summed E-state index contributed by atoms with van der Waals surface area (Å²) in [6.07, 6.45) is 4.04. The number of rotatable bonds is 2. The summed E-state index contributed by atoms with van der Waals surface area (Å²) in [5.74, 6) is 0. The molecule has 0 aliphatic carbocycles. The molecule has 1 aromatic heterocycles. The zero-order chi connectivity index (χ0) is 11.5. The van der Waals surface area contributed by atoms with E-state index in [0.29, 0.717) is 0 Å². The second kappa shape index (κ2) is 4.26. The van der Waals surface area contributed by atoms with Gasteiger partial charge in [-0.3, -0.25) is 0 Å². The highest BCUT2D eigenvalue weighted by molar-refractivity contribution is 5.97. The molecule has 0 saturated carbocycles. The summed E-state index contributed by atoms with van der Waals surface area (Å²) < 4.78 is 0. The molecule has 2 N–H and O–H groups in total. The summed E-state index contributed by atoms with van der Waals surface area (Å²) >= 11 is 0. The average Bonchev–Trinajstić information content (AvgIpc) is 2.81. The predicted molar refractivity (Wildman–Crippen MR) is 70.5 cm³/mol. The van der Waals surface area contributed by atoms with Crippen molar-refractivity contribution in [3.05, 3.63) is 66.4 Å². The number of H-pyrrole nitrogens is 1. The fourth-order valence-corrected chi connectivity index (χ4v) is 1.91. The lowest BCUT2D eigenvalue weighted by Gasteiger charge is -1.88. The molecule has 0 radical (unpaired) electrons. The lowest BCUT2D eigenvalue weighted by molar-refractivity contribution is -0.346. The van der Waals surface area contributed by atoms with Crippen molar-refractivity contribution in [3.8, 4) is 0 Å². The van der Waals surface area contributed by atoms with Gasteiger partial charge in [-0.2, -0.15) is 0 Å². The van der Waals surface area contributed by atoms with Crippen LogP contribution in [0.3, 0.4) is 0 Å². The van der Waals surface area contributed by atoms with Gasteiger partial charge in [-0.1, -0.05) is 36.4 Å². The van der Waals surface area contributed by atoms with E-state index in [1.807, 2.05) is 48.8 Å². The van der Waals surface area contributed by atoms with Gasteiger partial charge in [-0.15, -0.1) is 0 Å².